The van der Waals surface area contributed by atoms with Crippen molar-refractivity contribution < 1.29 is 4.79 Å². The third-order valence-corrected chi connectivity index (χ3v) is 1.23. The molecule has 0 aromatic heterocycles. The number of Topliss-reactive ketones (excluding diaryl/α,β-unsaturated/α-hetero) is 1. The Balaban J connectivity index is 3.00. The highest BCUT2D eigenvalue weighted by Crippen LogP contribution is 2.04. The summed E-state index contributed by atoms with van der Waals surface area (Å²) in [6.07, 6.45) is 0. The zero-order chi connectivity index (χ0) is 7.56. The van der Waals surface area contributed by atoms with E-state index in [2.05, 4.69) is 6.92 Å². The fraction of sp³-hybridized carbons (Fsp3) is 0. The summed E-state index contributed by atoms with van der Waals surface area (Å²) < 4.78 is 0. The van der Waals surface area contributed by atoms with Gasteiger partial charge in [-0.25, -0.2) is 0 Å². The lowest BCUT2D eigenvalue weighted by molar-refractivity contribution is 0.104. The Morgan fingerprint density at radius 2 is 1.80 bits per heavy atom. The minimum Gasteiger partial charge on any atom is -0.399 e. The van der Waals surface area contributed by atoms with Crippen LogP contribution in [-0.2, 0) is 0 Å². The monoisotopic (exact) mass is 134 g/mol. The summed E-state index contributed by atoms with van der Waals surface area (Å²) in [6.45, 7) is 3.26. The first kappa shape index (κ1) is 6.81. The van der Waals surface area contributed by atoms with Crippen LogP contribution < -0.4 is 5.73 Å². The third-order valence-electron chi connectivity index (χ3n) is 1.23. The van der Waals surface area contributed by atoms with Gasteiger partial charge in [0.2, 0.25) is 0 Å². The highest BCUT2D eigenvalue weighted by Gasteiger charge is 1.95. The molecule has 0 saturated carbocycles. The van der Waals surface area contributed by atoms with Crippen molar-refractivity contribution in [3.8, 4) is 0 Å². The molecule has 0 atom stereocenters. The molecule has 1 rings (SSSR count). The predicted octanol–water partition coefficient (Wildman–Crippen LogP) is 1.29. The van der Waals surface area contributed by atoms with E-state index in [1.807, 2.05) is 0 Å². The van der Waals surface area contributed by atoms with E-state index in [1.54, 1.807) is 24.3 Å². The predicted molar refractivity (Wildman–Crippen MR) is 40.5 cm³/mol. The second kappa shape index (κ2) is 2.52. The molecule has 0 aliphatic carbocycles. The standard InChI is InChI=1S/C8H8NO/c1-6(10)7-2-4-8(9)5-3-7/h2-5H,1,9H2. The van der Waals surface area contributed by atoms with Crippen LogP contribution in [0.2, 0.25) is 0 Å². The fourth-order valence-electron chi connectivity index (χ4n) is 0.669. The van der Waals surface area contributed by atoms with Gasteiger partial charge in [0, 0.05) is 18.2 Å². The Labute approximate surface area is 59.7 Å². The van der Waals surface area contributed by atoms with Crippen LogP contribution in [-0.4, -0.2) is 5.78 Å². The molecule has 0 unspecified atom stereocenters. The molecule has 0 fully saturated rings. The van der Waals surface area contributed by atoms with Gasteiger partial charge >= 0.3 is 0 Å². The molecule has 2 nitrogen and oxygen atoms in total. The van der Waals surface area contributed by atoms with Crippen LogP contribution in [0.25, 0.3) is 0 Å². The molecule has 1 radical (unpaired) electrons. The van der Waals surface area contributed by atoms with Gasteiger partial charge in [-0.05, 0) is 24.3 Å². The van der Waals surface area contributed by atoms with Crippen molar-refractivity contribution in [2.75, 3.05) is 5.73 Å². The summed E-state index contributed by atoms with van der Waals surface area (Å²) in [5, 5.41) is 0. The Kier molecular flexibility index (Phi) is 1.71. The average molecular weight is 134 g/mol. The molecule has 0 aliphatic rings. The van der Waals surface area contributed by atoms with E-state index in [0.717, 1.165) is 0 Å². The maximum Gasteiger partial charge on any atom is 0.163 e. The topological polar surface area (TPSA) is 43.1 Å². The van der Waals surface area contributed by atoms with Crippen molar-refractivity contribution in [2.24, 2.45) is 0 Å². The molecule has 2 N–H and O–H groups in total. The summed E-state index contributed by atoms with van der Waals surface area (Å²) >= 11 is 0. The van der Waals surface area contributed by atoms with E-state index in [4.69, 9.17) is 5.73 Å². The number of benzene rings is 1. The van der Waals surface area contributed by atoms with E-state index in [9.17, 15) is 4.79 Å². The van der Waals surface area contributed by atoms with Crippen LogP contribution in [0.15, 0.2) is 24.3 Å². The molecule has 1 aromatic carbocycles. The molecule has 0 aliphatic heterocycles. The van der Waals surface area contributed by atoms with Crippen molar-refractivity contribution >= 4 is 11.5 Å². The molecule has 0 saturated heterocycles. The van der Waals surface area contributed by atoms with E-state index < -0.39 is 0 Å². The highest BCUT2D eigenvalue weighted by molar-refractivity contribution is 5.99. The molecule has 0 amide bonds. The lowest BCUT2D eigenvalue weighted by Gasteiger charge is -1.94. The van der Waals surface area contributed by atoms with Crippen LogP contribution in [0.5, 0.6) is 0 Å². The number of hydrogen-bond donors (Lipinski definition) is 1. The number of ketones is 1. The van der Waals surface area contributed by atoms with Gasteiger partial charge in [-0.1, -0.05) is 0 Å². The first-order valence-electron chi connectivity index (χ1n) is 2.92. The third kappa shape index (κ3) is 1.35. The highest BCUT2D eigenvalue weighted by atomic mass is 16.1. The Morgan fingerprint density at radius 1 is 1.30 bits per heavy atom. The van der Waals surface area contributed by atoms with E-state index in [-0.39, 0.29) is 5.78 Å². The smallest absolute Gasteiger partial charge is 0.163 e. The first-order valence-corrected chi connectivity index (χ1v) is 2.92. The summed E-state index contributed by atoms with van der Waals surface area (Å²) in [5.41, 5.74) is 6.64. The molecule has 0 spiro atoms. The first-order chi connectivity index (χ1) is 4.70. The van der Waals surface area contributed by atoms with Crippen LogP contribution in [0.3, 0.4) is 0 Å². The van der Waals surface area contributed by atoms with Crippen molar-refractivity contribution in [1.82, 2.24) is 0 Å². The minimum absolute atomic E-state index is 0.181. The van der Waals surface area contributed by atoms with Gasteiger partial charge in [-0.15, -0.1) is 0 Å². The lowest BCUT2D eigenvalue weighted by Crippen LogP contribution is -1.92. The molecular formula is C8H8NO. The summed E-state index contributed by atoms with van der Waals surface area (Å²) in [7, 11) is 0. The fourth-order valence-corrected chi connectivity index (χ4v) is 0.669. The second-order valence-electron chi connectivity index (χ2n) is 2.05. The van der Waals surface area contributed by atoms with Gasteiger partial charge in [0.25, 0.3) is 0 Å². The van der Waals surface area contributed by atoms with E-state index in [1.165, 1.54) is 0 Å². The number of hydrogen-bond acceptors (Lipinski definition) is 2. The van der Waals surface area contributed by atoms with Gasteiger partial charge in [0.1, 0.15) is 0 Å². The molecule has 1 aromatic rings. The Hall–Kier alpha value is -1.31. The number of anilines is 1. The van der Waals surface area contributed by atoms with Crippen LogP contribution in [0.1, 0.15) is 10.4 Å². The van der Waals surface area contributed by atoms with Gasteiger partial charge in [-0.3, -0.25) is 4.79 Å². The van der Waals surface area contributed by atoms with E-state index in [0.29, 0.717) is 11.3 Å². The number of nitrogen functional groups attached to an aromatic ring is 1. The van der Waals surface area contributed by atoms with Gasteiger partial charge < -0.3 is 5.73 Å². The minimum atomic E-state index is -0.181. The number of carbonyl (C=O) groups is 1. The second-order valence-corrected chi connectivity index (χ2v) is 2.05. The molecule has 10 heavy (non-hydrogen) atoms. The summed E-state index contributed by atoms with van der Waals surface area (Å²) in [5.74, 6) is -0.181. The summed E-state index contributed by atoms with van der Waals surface area (Å²) in [6, 6.07) is 6.67. The largest absolute Gasteiger partial charge is 0.399 e. The van der Waals surface area contributed by atoms with Gasteiger partial charge in [-0.2, -0.15) is 0 Å². The summed E-state index contributed by atoms with van der Waals surface area (Å²) in [4.78, 5) is 10.6. The Morgan fingerprint density at radius 3 is 2.20 bits per heavy atom. The molecule has 0 bridgehead atoms. The molecule has 2 heteroatoms. The van der Waals surface area contributed by atoms with Crippen molar-refractivity contribution in [3.05, 3.63) is 36.8 Å². The molecular weight excluding hydrogens is 126 g/mol. The normalized spacial score (nSPS) is 9.30. The van der Waals surface area contributed by atoms with Crippen LogP contribution in [0, 0.1) is 6.92 Å². The van der Waals surface area contributed by atoms with Gasteiger partial charge in [0.05, 0.1) is 0 Å². The average Bonchev–Trinajstić information content (AvgIpc) is 1.88. The van der Waals surface area contributed by atoms with Crippen LogP contribution in [0.4, 0.5) is 5.69 Å². The number of rotatable bonds is 1. The molecule has 0 heterocycles. The van der Waals surface area contributed by atoms with Crippen molar-refractivity contribution in [2.45, 2.75) is 0 Å². The van der Waals surface area contributed by atoms with E-state index >= 15 is 0 Å². The maximum atomic E-state index is 10.6. The lowest BCUT2D eigenvalue weighted by atomic mass is 10.1. The number of nitrogens with two attached hydrogens (primary N) is 1. The van der Waals surface area contributed by atoms with Crippen molar-refractivity contribution in [1.29, 1.82) is 0 Å². The number of carbonyl (C=O) groups excluding carboxylic acids is 1. The SMILES string of the molecule is [CH2]C(=O)c1ccc(N)cc1. The zero-order valence-electron chi connectivity index (χ0n) is 5.50. The molecule has 51 valence electrons. The zero-order valence-corrected chi connectivity index (χ0v) is 5.50. The van der Waals surface area contributed by atoms with Gasteiger partial charge in [0.15, 0.2) is 5.78 Å². The van der Waals surface area contributed by atoms with Crippen LogP contribution >= 0.6 is 0 Å². The van der Waals surface area contributed by atoms with Crippen molar-refractivity contribution in [3.63, 3.8) is 0 Å². The quantitative estimate of drug-likeness (QED) is 0.464. The maximum absolute atomic E-state index is 10.6. The Bertz CT molecular complexity index is 238.